The molecule has 1 unspecified atom stereocenters. The smallest absolute Gasteiger partial charge is 0.237 e. The highest BCUT2D eigenvalue weighted by Gasteiger charge is 2.38. The lowest BCUT2D eigenvalue weighted by molar-refractivity contribution is -0.134. The van der Waals surface area contributed by atoms with Crippen LogP contribution in [0.2, 0.25) is 0 Å². The van der Waals surface area contributed by atoms with Crippen LogP contribution in [-0.4, -0.2) is 41.5 Å². The normalized spacial score (nSPS) is 26.8. The third-order valence-electron chi connectivity index (χ3n) is 2.85. The first kappa shape index (κ1) is 12.5. The highest BCUT2D eigenvalue weighted by atomic mass is 16.2. The van der Waals surface area contributed by atoms with Crippen LogP contribution in [0.4, 0.5) is 0 Å². The van der Waals surface area contributed by atoms with Crippen LogP contribution in [-0.2, 0) is 4.79 Å². The maximum Gasteiger partial charge on any atom is 0.237 e. The SMILES string of the molecule is CC(C)N1CC(C)(C)NC(=O)C1CCN. The molecule has 15 heavy (non-hydrogen) atoms. The molecule has 1 heterocycles. The molecule has 0 aliphatic carbocycles. The average Bonchev–Trinajstić information content (AvgIpc) is 2.08. The summed E-state index contributed by atoms with van der Waals surface area (Å²) in [6, 6.07) is 0.329. The fraction of sp³-hybridized carbons (Fsp3) is 0.909. The van der Waals surface area contributed by atoms with Crippen molar-refractivity contribution in [2.24, 2.45) is 5.73 Å². The second-order valence-electron chi connectivity index (χ2n) is 5.23. The summed E-state index contributed by atoms with van der Waals surface area (Å²) in [7, 11) is 0. The van der Waals surface area contributed by atoms with Gasteiger partial charge < -0.3 is 11.1 Å². The van der Waals surface area contributed by atoms with Gasteiger partial charge in [-0.15, -0.1) is 0 Å². The molecule has 4 nitrogen and oxygen atoms in total. The summed E-state index contributed by atoms with van der Waals surface area (Å²) < 4.78 is 0. The van der Waals surface area contributed by atoms with Gasteiger partial charge in [-0.05, 0) is 40.7 Å². The number of nitrogens with zero attached hydrogens (tertiary/aromatic N) is 1. The van der Waals surface area contributed by atoms with Crippen molar-refractivity contribution in [3.63, 3.8) is 0 Å². The summed E-state index contributed by atoms with van der Waals surface area (Å²) in [6.07, 6.45) is 0.736. The predicted octanol–water partition coefficient (Wildman–Crippen LogP) is 0.323. The molecule has 1 aliphatic rings. The van der Waals surface area contributed by atoms with E-state index in [0.717, 1.165) is 13.0 Å². The second kappa shape index (κ2) is 4.49. The number of nitrogens with one attached hydrogen (secondary N) is 1. The van der Waals surface area contributed by atoms with Crippen molar-refractivity contribution in [1.29, 1.82) is 0 Å². The summed E-state index contributed by atoms with van der Waals surface area (Å²) in [5.74, 6) is 0.116. The van der Waals surface area contributed by atoms with Gasteiger partial charge in [-0.1, -0.05) is 0 Å². The molecule has 88 valence electrons. The minimum Gasteiger partial charge on any atom is -0.349 e. The molecule has 1 amide bonds. The van der Waals surface area contributed by atoms with E-state index >= 15 is 0 Å². The van der Waals surface area contributed by atoms with Crippen molar-refractivity contribution < 1.29 is 4.79 Å². The largest absolute Gasteiger partial charge is 0.349 e. The number of amides is 1. The number of nitrogens with two attached hydrogens (primary N) is 1. The molecule has 3 N–H and O–H groups in total. The van der Waals surface area contributed by atoms with Gasteiger partial charge in [-0.25, -0.2) is 0 Å². The van der Waals surface area contributed by atoms with Crippen LogP contribution in [0.25, 0.3) is 0 Å². The van der Waals surface area contributed by atoms with E-state index < -0.39 is 0 Å². The Bertz CT molecular complexity index is 238. The zero-order valence-electron chi connectivity index (χ0n) is 10.2. The van der Waals surface area contributed by atoms with Gasteiger partial charge in [-0.2, -0.15) is 0 Å². The molecule has 1 rings (SSSR count). The highest BCUT2D eigenvalue weighted by molar-refractivity contribution is 5.83. The molecule has 1 atom stereocenters. The molecule has 1 saturated heterocycles. The van der Waals surface area contributed by atoms with Crippen molar-refractivity contribution in [3.8, 4) is 0 Å². The van der Waals surface area contributed by atoms with Crippen molar-refractivity contribution in [1.82, 2.24) is 10.2 Å². The molecule has 0 aromatic heterocycles. The van der Waals surface area contributed by atoms with Crippen LogP contribution in [0.15, 0.2) is 0 Å². The lowest BCUT2D eigenvalue weighted by Crippen LogP contribution is -2.66. The average molecular weight is 213 g/mol. The fourth-order valence-electron chi connectivity index (χ4n) is 2.17. The van der Waals surface area contributed by atoms with Crippen LogP contribution in [0.3, 0.4) is 0 Å². The Morgan fingerprint density at radius 1 is 1.60 bits per heavy atom. The summed E-state index contributed by atoms with van der Waals surface area (Å²) in [4.78, 5) is 14.1. The van der Waals surface area contributed by atoms with E-state index in [9.17, 15) is 4.79 Å². The summed E-state index contributed by atoms with van der Waals surface area (Å²) in [6.45, 7) is 9.80. The number of hydrogen-bond donors (Lipinski definition) is 2. The number of hydrogen-bond acceptors (Lipinski definition) is 3. The van der Waals surface area contributed by atoms with Crippen molar-refractivity contribution in [2.75, 3.05) is 13.1 Å². The minimum atomic E-state index is -0.132. The highest BCUT2D eigenvalue weighted by Crippen LogP contribution is 2.20. The number of piperazine rings is 1. The van der Waals surface area contributed by atoms with Crippen molar-refractivity contribution in [2.45, 2.75) is 51.7 Å². The van der Waals surface area contributed by atoms with E-state index in [-0.39, 0.29) is 17.5 Å². The quantitative estimate of drug-likeness (QED) is 0.710. The van der Waals surface area contributed by atoms with Gasteiger partial charge in [0.05, 0.1) is 6.04 Å². The van der Waals surface area contributed by atoms with Crippen molar-refractivity contribution in [3.05, 3.63) is 0 Å². The first-order chi connectivity index (χ1) is 6.87. The molecule has 4 heteroatoms. The second-order valence-corrected chi connectivity index (χ2v) is 5.23. The maximum atomic E-state index is 11.9. The zero-order chi connectivity index (χ0) is 11.6. The third kappa shape index (κ3) is 2.92. The van der Waals surface area contributed by atoms with E-state index in [1.165, 1.54) is 0 Å². The van der Waals surface area contributed by atoms with E-state index in [0.29, 0.717) is 12.6 Å². The molecule has 0 bridgehead atoms. The van der Waals surface area contributed by atoms with Crippen LogP contribution in [0, 0.1) is 0 Å². The monoisotopic (exact) mass is 213 g/mol. The molecule has 1 fully saturated rings. The maximum absolute atomic E-state index is 11.9. The van der Waals surface area contributed by atoms with E-state index in [2.05, 4.69) is 37.9 Å². The summed E-state index contributed by atoms with van der Waals surface area (Å²) in [5.41, 5.74) is 5.41. The Balaban J connectivity index is 2.81. The van der Waals surface area contributed by atoms with Gasteiger partial charge >= 0.3 is 0 Å². The lowest BCUT2D eigenvalue weighted by atomic mass is 9.95. The van der Waals surface area contributed by atoms with E-state index in [1.54, 1.807) is 0 Å². The molecule has 0 aromatic carbocycles. The Labute approximate surface area is 92.2 Å². The van der Waals surface area contributed by atoms with Gasteiger partial charge in [0.2, 0.25) is 5.91 Å². The topological polar surface area (TPSA) is 58.4 Å². The zero-order valence-corrected chi connectivity index (χ0v) is 10.2. The van der Waals surface area contributed by atoms with Crippen LogP contribution >= 0.6 is 0 Å². The summed E-state index contributed by atoms with van der Waals surface area (Å²) >= 11 is 0. The molecular weight excluding hydrogens is 190 g/mol. The molecular formula is C11H23N3O. The van der Waals surface area contributed by atoms with Gasteiger partial charge in [0.15, 0.2) is 0 Å². The van der Waals surface area contributed by atoms with E-state index in [1.807, 2.05) is 0 Å². The van der Waals surface area contributed by atoms with Crippen LogP contribution in [0.1, 0.15) is 34.1 Å². The fourth-order valence-corrected chi connectivity index (χ4v) is 2.17. The van der Waals surface area contributed by atoms with Crippen molar-refractivity contribution >= 4 is 5.91 Å². The Morgan fingerprint density at radius 2 is 2.20 bits per heavy atom. The Morgan fingerprint density at radius 3 is 2.67 bits per heavy atom. The molecule has 0 aromatic rings. The van der Waals surface area contributed by atoms with Gasteiger partial charge in [-0.3, -0.25) is 9.69 Å². The lowest BCUT2D eigenvalue weighted by Gasteiger charge is -2.45. The van der Waals surface area contributed by atoms with E-state index in [4.69, 9.17) is 5.73 Å². The Hall–Kier alpha value is -0.610. The van der Waals surface area contributed by atoms with Gasteiger partial charge in [0.1, 0.15) is 0 Å². The predicted molar refractivity (Wildman–Crippen MR) is 61.5 cm³/mol. The third-order valence-corrected chi connectivity index (χ3v) is 2.85. The Kier molecular flexibility index (Phi) is 3.73. The van der Waals surface area contributed by atoms with Crippen LogP contribution in [0.5, 0.6) is 0 Å². The minimum absolute atomic E-state index is 0.0528. The first-order valence-electron chi connectivity index (χ1n) is 5.65. The first-order valence-corrected chi connectivity index (χ1v) is 5.65. The number of carbonyl (C=O) groups excluding carboxylic acids is 1. The number of carbonyl (C=O) groups is 1. The van der Waals surface area contributed by atoms with Gasteiger partial charge in [0, 0.05) is 18.1 Å². The molecule has 0 radical (unpaired) electrons. The molecule has 1 aliphatic heterocycles. The standard InChI is InChI=1S/C11H23N3O/c1-8(2)14-7-11(3,4)13-10(15)9(14)5-6-12/h8-9H,5-7,12H2,1-4H3,(H,13,15). The molecule has 0 spiro atoms. The summed E-state index contributed by atoms with van der Waals surface area (Å²) in [5, 5.41) is 3.04. The molecule has 0 saturated carbocycles. The van der Waals surface area contributed by atoms with Gasteiger partial charge in [0.25, 0.3) is 0 Å². The van der Waals surface area contributed by atoms with Crippen LogP contribution < -0.4 is 11.1 Å². The number of rotatable bonds is 3.